The van der Waals surface area contributed by atoms with Crippen LogP contribution in [0.25, 0.3) is 10.3 Å². The molecule has 0 radical (unpaired) electrons. The molecule has 1 atom stereocenters. The van der Waals surface area contributed by atoms with E-state index in [1.165, 1.54) is 11.3 Å². The molecular weight excluding hydrogens is 448 g/mol. The number of carbonyl (C=O) groups excluding carboxylic acids is 1. The van der Waals surface area contributed by atoms with E-state index >= 15 is 0 Å². The lowest BCUT2D eigenvalue weighted by atomic mass is 9.96. The molecule has 0 spiro atoms. The number of anilines is 1. The van der Waals surface area contributed by atoms with Crippen molar-refractivity contribution in [2.45, 2.75) is 50.6 Å². The van der Waals surface area contributed by atoms with Crippen LogP contribution in [0.1, 0.15) is 55.1 Å². The van der Waals surface area contributed by atoms with Crippen molar-refractivity contribution in [1.29, 1.82) is 0 Å². The van der Waals surface area contributed by atoms with E-state index in [0.29, 0.717) is 37.1 Å². The number of nitrogens with zero attached hydrogens (tertiary/aromatic N) is 4. The zero-order valence-electron chi connectivity index (χ0n) is 18.0. The quantitative estimate of drug-likeness (QED) is 0.578. The normalized spacial score (nSPS) is 19.5. The van der Waals surface area contributed by atoms with Gasteiger partial charge in [-0.25, -0.2) is 18.7 Å². The van der Waals surface area contributed by atoms with Gasteiger partial charge in [0.2, 0.25) is 5.91 Å². The third-order valence-electron chi connectivity index (χ3n) is 6.20. The van der Waals surface area contributed by atoms with E-state index in [1.807, 2.05) is 35.2 Å². The number of rotatable bonds is 6. The van der Waals surface area contributed by atoms with Crippen molar-refractivity contribution >= 4 is 32.7 Å². The first kappa shape index (κ1) is 22.1. The molecule has 3 aromatic rings. The van der Waals surface area contributed by atoms with Gasteiger partial charge in [0, 0.05) is 32.2 Å². The van der Waals surface area contributed by atoms with Crippen molar-refractivity contribution in [3.8, 4) is 0 Å². The fourth-order valence-corrected chi connectivity index (χ4v) is 5.64. The fraction of sp³-hybridized carbons (Fsp3) is 0.478. The highest BCUT2D eigenvalue weighted by atomic mass is 32.1. The monoisotopic (exact) mass is 473 g/mol. The largest absolute Gasteiger partial charge is 0.381 e. The van der Waals surface area contributed by atoms with Gasteiger partial charge in [-0.3, -0.25) is 4.79 Å². The summed E-state index contributed by atoms with van der Waals surface area (Å²) >= 11 is 1.39. The number of nitrogens with one attached hydrogen (secondary N) is 1. The van der Waals surface area contributed by atoms with Gasteiger partial charge in [-0.2, -0.15) is 4.98 Å². The van der Waals surface area contributed by atoms with Crippen molar-refractivity contribution in [3.05, 3.63) is 47.4 Å². The van der Waals surface area contributed by atoms with Crippen LogP contribution in [-0.2, 0) is 16.1 Å². The van der Waals surface area contributed by atoms with Crippen LogP contribution < -0.4 is 10.2 Å². The van der Waals surface area contributed by atoms with Gasteiger partial charge in [0.1, 0.15) is 6.04 Å². The first-order valence-corrected chi connectivity index (χ1v) is 12.0. The summed E-state index contributed by atoms with van der Waals surface area (Å²) in [5.74, 6) is -0.502. The lowest BCUT2D eigenvalue weighted by molar-refractivity contribution is -0.122. The molecule has 1 N–H and O–H groups in total. The summed E-state index contributed by atoms with van der Waals surface area (Å²) in [6.45, 7) is 2.31. The number of benzene rings is 1. The van der Waals surface area contributed by atoms with Crippen LogP contribution in [-0.4, -0.2) is 46.7 Å². The number of alkyl halides is 2. The number of carbonyl (C=O) groups is 1. The SMILES string of the molecule is O=C(NCc1ccccc1)[C@H]1CCCN1c1nc2nc(C(F)F)nc(C3CCOCC3)c2s1. The van der Waals surface area contributed by atoms with Crippen LogP contribution in [0.4, 0.5) is 13.9 Å². The average Bonchev–Trinajstić information content (AvgIpc) is 3.50. The second-order valence-corrected chi connectivity index (χ2v) is 9.34. The van der Waals surface area contributed by atoms with Crippen LogP contribution >= 0.6 is 11.3 Å². The number of aromatic nitrogens is 3. The highest BCUT2D eigenvalue weighted by Crippen LogP contribution is 2.39. The van der Waals surface area contributed by atoms with Crippen LogP contribution in [0.3, 0.4) is 0 Å². The van der Waals surface area contributed by atoms with Gasteiger partial charge < -0.3 is 15.0 Å². The Balaban J connectivity index is 1.41. The summed E-state index contributed by atoms with van der Waals surface area (Å²) in [4.78, 5) is 27.8. The number of amides is 1. The van der Waals surface area contributed by atoms with Crippen LogP contribution in [0.2, 0.25) is 0 Å². The lowest BCUT2D eigenvalue weighted by Gasteiger charge is -2.23. The minimum atomic E-state index is -2.76. The van der Waals surface area contributed by atoms with Gasteiger partial charge in [-0.15, -0.1) is 0 Å². The molecule has 5 rings (SSSR count). The predicted molar refractivity (Wildman–Crippen MR) is 122 cm³/mol. The van der Waals surface area contributed by atoms with E-state index in [2.05, 4.69) is 20.3 Å². The van der Waals surface area contributed by atoms with E-state index in [4.69, 9.17) is 4.74 Å². The lowest BCUT2D eigenvalue weighted by Crippen LogP contribution is -2.43. The first-order valence-electron chi connectivity index (χ1n) is 11.2. The molecule has 0 bridgehead atoms. The zero-order chi connectivity index (χ0) is 22.8. The Morgan fingerprint density at radius 1 is 1.15 bits per heavy atom. The number of thiazole rings is 1. The fourth-order valence-electron chi connectivity index (χ4n) is 4.49. The first-order chi connectivity index (χ1) is 16.1. The predicted octanol–water partition coefficient (Wildman–Crippen LogP) is 4.20. The molecule has 0 aliphatic carbocycles. The standard InChI is InChI=1S/C23H25F2N5O2S/c24-19(25)21-27-17(15-8-11-32-12-9-15)18-20(28-21)29-23(33-18)30-10-4-7-16(30)22(31)26-13-14-5-2-1-3-6-14/h1-3,5-6,15-16,19H,4,7-13H2,(H,26,31)/t16-/m1/s1. The minimum absolute atomic E-state index is 0.0404. The average molecular weight is 474 g/mol. The van der Waals surface area contributed by atoms with E-state index in [-0.39, 0.29) is 23.5 Å². The Kier molecular flexibility index (Phi) is 6.45. The Morgan fingerprint density at radius 3 is 2.70 bits per heavy atom. The van der Waals surface area contributed by atoms with E-state index in [0.717, 1.165) is 35.9 Å². The van der Waals surface area contributed by atoms with E-state index < -0.39 is 12.2 Å². The molecule has 0 unspecified atom stereocenters. The molecule has 33 heavy (non-hydrogen) atoms. The molecule has 10 heteroatoms. The van der Waals surface area contributed by atoms with Crippen molar-refractivity contribution in [2.75, 3.05) is 24.7 Å². The van der Waals surface area contributed by atoms with Crippen molar-refractivity contribution in [1.82, 2.24) is 20.3 Å². The second kappa shape index (κ2) is 9.64. The second-order valence-electron chi connectivity index (χ2n) is 8.36. The molecule has 1 aromatic carbocycles. The van der Waals surface area contributed by atoms with Crippen molar-refractivity contribution in [2.24, 2.45) is 0 Å². The Bertz CT molecular complexity index is 1120. The molecular formula is C23H25F2N5O2S. The highest BCUT2D eigenvalue weighted by Gasteiger charge is 2.34. The maximum atomic E-state index is 13.5. The Morgan fingerprint density at radius 2 is 1.94 bits per heavy atom. The number of fused-ring (bicyclic) bond motifs is 1. The van der Waals surface area contributed by atoms with Crippen molar-refractivity contribution < 1.29 is 18.3 Å². The number of hydrogen-bond acceptors (Lipinski definition) is 7. The smallest absolute Gasteiger partial charge is 0.297 e. The van der Waals surface area contributed by atoms with Crippen LogP contribution in [0.15, 0.2) is 30.3 Å². The molecule has 2 aliphatic rings. The van der Waals surface area contributed by atoms with Gasteiger partial charge in [-0.05, 0) is 31.2 Å². The maximum Gasteiger partial charge on any atom is 0.297 e. The summed E-state index contributed by atoms with van der Waals surface area (Å²) in [6, 6.07) is 9.41. The molecule has 2 fully saturated rings. The molecule has 1 amide bonds. The van der Waals surface area contributed by atoms with Gasteiger partial charge in [0.05, 0.1) is 10.4 Å². The van der Waals surface area contributed by atoms with E-state index in [1.54, 1.807) is 0 Å². The zero-order valence-corrected chi connectivity index (χ0v) is 18.9. The number of hydrogen-bond donors (Lipinski definition) is 1. The summed E-state index contributed by atoms with van der Waals surface area (Å²) in [7, 11) is 0. The van der Waals surface area contributed by atoms with Gasteiger partial charge in [0.25, 0.3) is 6.43 Å². The number of ether oxygens (including phenoxy) is 1. The third-order valence-corrected chi connectivity index (χ3v) is 7.30. The molecule has 2 aliphatic heterocycles. The number of halogens is 2. The minimum Gasteiger partial charge on any atom is -0.381 e. The molecule has 4 heterocycles. The third kappa shape index (κ3) is 4.67. The van der Waals surface area contributed by atoms with Gasteiger partial charge in [-0.1, -0.05) is 41.7 Å². The Labute approximate surface area is 194 Å². The summed E-state index contributed by atoms with van der Waals surface area (Å²) < 4.78 is 33.2. The molecule has 0 saturated carbocycles. The van der Waals surface area contributed by atoms with Gasteiger partial charge >= 0.3 is 0 Å². The summed E-state index contributed by atoms with van der Waals surface area (Å²) in [6.07, 6.45) is 0.283. The summed E-state index contributed by atoms with van der Waals surface area (Å²) in [5.41, 5.74) is 1.95. The molecule has 2 aromatic heterocycles. The van der Waals surface area contributed by atoms with Crippen LogP contribution in [0.5, 0.6) is 0 Å². The molecule has 174 valence electrons. The van der Waals surface area contributed by atoms with Crippen LogP contribution in [0, 0.1) is 0 Å². The maximum absolute atomic E-state index is 13.5. The topological polar surface area (TPSA) is 80.2 Å². The Hall–Kier alpha value is -2.72. The highest BCUT2D eigenvalue weighted by molar-refractivity contribution is 7.22. The van der Waals surface area contributed by atoms with Crippen molar-refractivity contribution in [3.63, 3.8) is 0 Å². The van der Waals surface area contributed by atoms with E-state index in [9.17, 15) is 13.6 Å². The van der Waals surface area contributed by atoms with Gasteiger partial charge in [0.15, 0.2) is 16.6 Å². The summed E-state index contributed by atoms with van der Waals surface area (Å²) in [5, 5.41) is 3.65. The molecule has 7 nitrogen and oxygen atoms in total. The molecule has 2 saturated heterocycles.